The maximum atomic E-state index is 13.2. The maximum absolute atomic E-state index is 13.2. The second kappa shape index (κ2) is 7.91. The Balaban J connectivity index is 1.71. The zero-order valence-electron chi connectivity index (χ0n) is 16.4. The summed E-state index contributed by atoms with van der Waals surface area (Å²) < 4.78 is 0. The van der Waals surface area contributed by atoms with Crippen molar-refractivity contribution in [2.24, 2.45) is 0 Å². The minimum absolute atomic E-state index is 0.0430. The average molecular weight is 389 g/mol. The van der Waals surface area contributed by atoms with E-state index in [9.17, 15) is 14.9 Å². The van der Waals surface area contributed by atoms with Crippen LogP contribution in [0.4, 0.5) is 11.4 Å². The molecule has 0 unspecified atom stereocenters. The molecule has 0 aliphatic carbocycles. The first-order chi connectivity index (χ1) is 14.1. The van der Waals surface area contributed by atoms with Gasteiger partial charge in [-0.05, 0) is 43.0 Å². The molecule has 1 fully saturated rings. The number of hydrogen-bond acceptors (Lipinski definition) is 4. The maximum Gasteiger partial charge on any atom is 0.277 e. The summed E-state index contributed by atoms with van der Waals surface area (Å²) in [7, 11) is 0. The summed E-state index contributed by atoms with van der Waals surface area (Å²) >= 11 is 0. The van der Waals surface area contributed by atoms with Gasteiger partial charge in [0.1, 0.15) is 0 Å². The number of non-ortho nitro benzene ring substituents is 1. The number of carbonyl (C=O) groups is 1. The molecule has 6 nitrogen and oxygen atoms in total. The molecule has 1 amide bonds. The van der Waals surface area contributed by atoms with Crippen molar-refractivity contribution in [3.8, 4) is 0 Å². The second-order valence-electron chi connectivity index (χ2n) is 7.36. The van der Waals surface area contributed by atoms with Crippen LogP contribution in [0.1, 0.15) is 24.0 Å². The van der Waals surface area contributed by atoms with Gasteiger partial charge in [-0.1, -0.05) is 42.5 Å². The zero-order valence-corrected chi connectivity index (χ0v) is 16.4. The molecule has 0 atom stereocenters. The molecule has 0 N–H and O–H groups in total. The van der Waals surface area contributed by atoms with E-state index in [1.165, 1.54) is 6.07 Å². The first kappa shape index (κ1) is 18.9. The van der Waals surface area contributed by atoms with E-state index in [0.717, 1.165) is 35.0 Å². The molecule has 1 aliphatic rings. The van der Waals surface area contributed by atoms with Crippen molar-refractivity contribution < 1.29 is 9.72 Å². The van der Waals surface area contributed by atoms with Crippen molar-refractivity contribution >= 4 is 28.1 Å². The molecule has 4 rings (SSSR count). The third-order valence-electron chi connectivity index (χ3n) is 5.52. The number of nitro groups is 1. The summed E-state index contributed by atoms with van der Waals surface area (Å²) in [5.41, 5.74) is 3.05. The van der Waals surface area contributed by atoms with E-state index in [4.69, 9.17) is 0 Å². The molecule has 0 spiro atoms. The molecule has 1 saturated heterocycles. The minimum Gasteiger partial charge on any atom is -0.282 e. The van der Waals surface area contributed by atoms with Crippen molar-refractivity contribution in [3.05, 3.63) is 81.9 Å². The first-order valence-corrected chi connectivity index (χ1v) is 9.85. The molecule has 0 saturated carbocycles. The van der Waals surface area contributed by atoms with Gasteiger partial charge in [0.15, 0.2) is 0 Å². The van der Waals surface area contributed by atoms with Gasteiger partial charge < -0.3 is 0 Å². The van der Waals surface area contributed by atoms with Crippen molar-refractivity contribution in [2.45, 2.75) is 26.2 Å². The number of benzene rings is 3. The Morgan fingerprint density at radius 1 is 0.966 bits per heavy atom. The van der Waals surface area contributed by atoms with E-state index in [1.807, 2.05) is 53.3 Å². The van der Waals surface area contributed by atoms with Crippen LogP contribution in [0, 0.1) is 17.0 Å². The molecule has 3 aromatic rings. The third-order valence-corrected chi connectivity index (χ3v) is 5.52. The van der Waals surface area contributed by atoms with Crippen LogP contribution >= 0.6 is 0 Å². The molecule has 0 aromatic heterocycles. The fourth-order valence-corrected chi connectivity index (χ4v) is 3.99. The van der Waals surface area contributed by atoms with Crippen LogP contribution in [-0.4, -0.2) is 28.9 Å². The summed E-state index contributed by atoms with van der Waals surface area (Å²) in [6, 6.07) is 18.6. The van der Waals surface area contributed by atoms with Gasteiger partial charge in [-0.15, -0.1) is 0 Å². The van der Waals surface area contributed by atoms with E-state index in [-0.39, 0.29) is 16.5 Å². The third kappa shape index (κ3) is 3.66. The van der Waals surface area contributed by atoms with Crippen LogP contribution in [-0.2, 0) is 11.2 Å². The van der Waals surface area contributed by atoms with Crippen LogP contribution in [0.25, 0.3) is 10.8 Å². The lowest BCUT2D eigenvalue weighted by atomic mass is 10.0. The lowest BCUT2D eigenvalue weighted by Crippen LogP contribution is -2.51. The van der Waals surface area contributed by atoms with Gasteiger partial charge in [-0.2, -0.15) is 0 Å². The van der Waals surface area contributed by atoms with Gasteiger partial charge in [0.25, 0.3) is 5.69 Å². The fourth-order valence-electron chi connectivity index (χ4n) is 3.99. The van der Waals surface area contributed by atoms with Crippen LogP contribution in [0.2, 0.25) is 0 Å². The zero-order chi connectivity index (χ0) is 20.4. The number of nitrogens with zero attached hydrogens (tertiary/aromatic N) is 3. The van der Waals surface area contributed by atoms with Gasteiger partial charge >= 0.3 is 0 Å². The highest BCUT2D eigenvalue weighted by Crippen LogP contribution is 2.35. The molecule has 0 radical (unpaired) electrons. The van der Waals surface area contributed by atoms with Crippen molar-refractivity contribution in [3.63, 3.8) is 0 Å². The monoisotopic (exact) mass is 389 g/mol. The number of carbonyl (C=O) groups excluding carboxylic acids is 1. The second-order valence-corrected chi connectivity index (χ2v) is 7.36. The molecule has 6 heteroatoms. The lowest BCUT2D eigenvalue weighted by Gasteiger charge is -2.40. The molecule has 148 valence electrons. The quantitative estimate of drug-likeness (QED) is 0.481. The van der Waals surface area contributed by atoms with Crippen LogP contribution in [0.5, 0.6) is 0 Å². The highest BCUT2D eigenvalue weighted by Gasteiger charge is 2.27. The molecule has 3 aromatic carbocycles. The predicted molar refractivity (Wildman–Crippen MR) is 114 cm³/mol. The van der Waals surface area contributed by atoms with E-state index in [0.29, 0.717) is 24.9 Å². The lowest BCUT2D eigenvalue weighted by molar-refractivity contribution is -0.383. The summed E-state index contributed by atoms with van der Waals surface area (Å²) in [6.07, 6.45) is 2.26. The van der Waals surface area contributed by atoms with Crippen molar-refractivity contribution in [1.82, 2.24) is 5.01 Å². The number of nitro benzene ring substituents is 1. The Labute approximate surface area is 169 Å². The van der Waals surface area contributed by atoms with Gasteiger partial charge in [0, 0.05) is 24.5 Å². The smallest absolute Gasteiger partial charge is 0.277 e. The number of hydrogen-bond donors (Lipinski definition) is 0. The number of amides is 1. The number of hydrazine groups is 1. The van der Waals surface area contributed by atoms with Gasteiger partial charge in [0.2, 0.25) is 5.91 Å². The Bertz CT molecular complexity index is 1080. The van der Waals surface area contributed by atoms with E-state index < -0.39 is 0 Å². The van der Waals surface area contributed by atoms with Crippen LogP contribution < -0.4 is 5.01 Å². The van der Waals surface area contributed by atoms with Gasteiger partial charge in [-0.25, -0.2) is 0 Å². The molecule has 0 bridgehead atoms. The Hall–Kier alpha value is -3.41. The van der Waals surface area contributed by atoms with Crippen LogP contribution in [0.15, 0.2) is 60.7 Å². The topological polar surface area (TPSA) is 66.7 Å². The molecule has 1 heterocycles. The summed E-state index contributed by atoms with van der Waals surface area (Å²) in [6.45, 7) is 3.37. The molecular weight excluding hydrogens is 366 g/mol. The van der Waals surface area contributed by atoms with Crippen molar-refractivity contribution in [2.75, 3.05) is 18.1 Å². The summed E-state index contributed by atoms with van der Waals surface area (Å²) in [5.74, 6) is 0.0430. The van der Waals surface area contributed by atoms with Crippen molar-refractivity contribution in [1.29, 1.82) is 0 Å². The molecule has 29 heavy (non-hydrogen) atoms. The fraction of sp³-hybridized carbons (Fsp3) is 0.261. The highest BCUT2D eigenvalue weighted by atomic mass is 16.6. The van der Waals surface area contributed by atoms with E-state index in [1.54, 1.807) is 18.2 Å². The summed E-state index contributed by atoms with van der Waals surface area (Å²) in [4.78, 5) is 24.3. The largest absolute Gasteiger partial charge is 0.282 e. The van der Waals surface area contributed by atoms with Gasteiger partial charge in [0.05, 0.1) is 22.4 Å². The van der Waals surface area contributed by atoms with Gasteiger partial charge in [-0.3, -0.25) is 24.9 Å². The Morgan fingerprint density at radius 3 is 2.41 bits per heavy atom. The average Bonchev–Trinajstić information content (AvgIpc) is 2.74. The Kier molecular flexibility index (Phi) is 5.16. The molecule has 1 aliphatic heterocycles. The number of aryl methyl sites for hydroxylation is 1. The number of rotatable bonds is 4. The Morgan fingerprint density at radius 2 is 1.66 bits per heavy atom. The summed E-state index contributed by atoms with van der Waals surface area (Å²) in [5, 5.41) is 16.6. The van der Waals surface area contributed by atoms with Crippen LogP contribution in [0.3, 0.4) is 0 Å². The molecular formula is C23H23N3O3. The van der Waals surface area contributed by atoms with E-state index >= 15 is 0 Å². The SMILES string of the molecule is Cc1ccccc1CC(=O)N1CCCCN1c1ccc([N+](=O)[O-])c2ccccc12. The first-order valence-electron chi connectivity index (χ1n) is 9.85. The standard InChI is InChI=1S/C23H23N3O3/c1-17-8-2-3-9-18(17)16-23(27)25-15-7-6-14-24(25)21-12-13-22(26(28)29)20-11-5-4-10-19(20)21/h2-5,8-13H,6-7,14-16H2,1H3. The van der Waals surface area contributed by atoms with E-state index in [2.05, 4.69) is 0 Å². The number of anilines is 1. The minimum atomic E-state index is -0.358. The predicted octanol–water partition coefficient (Wildman–Crippen LogP) is 4.64. The highest BCUT2D eigenvalue weighted by molar-refractivity contribution is 6.00. The number of fused-ring (bicyclic) bond motifs is 1. The normalized spacial score (nSPS) is 14.2.